The lowest BCUT2D eigenvalue weighted by Crippen LogP contribution is -2.51. The van der Waals surface area contributed by atoms with E-state index in [0.717, 1.165) is 0 Å². The third kappa shape index (κ3) is 2.22. The maximum Gasteiger partial charge on any atom is 0.325 e. The Kier molecular flexibility index (Phi) is 3.20. The summed E-state index contributed by atoms with van der Waals surface area (Å²) in [5, 5.41) is 3.45. The molecule has 8 heteroatoms. The van der Waals surface area contributed by atoms with Gasteiger partial charge in [0, 0.05) is 26.1 Å². The van der Waals surface area contributed by atoms with Gasteiger partial charge in [0.1, 0.15) is 14.9 Å². The van der Waals surface area contributed by atoms with Crippen molar-refractivity contribution in [1.29, 1.82) is 0 Å². The molecule has 19 heavy (non-hydrogen) atoms. The first kappa shape index (κ1) is 12.8. The standard InChI is InChI=1S/C11H12ClN3O3S/c12-7-5-13-8(19-7)6-15-9(16)11(14-10(15)17)1-3-18-4-2-11/h5H,1-4,6H2,(H,14,17). The summed E-state index contributed by atoms with van der Waals surface area (Å²) in [4.78, 5) is 29.7. The molecule has 1 spiro atoms. The van der Waals surface area contributed by atoms with Gasteiger partial charge in [-0.3, -0.25) is 9.69 Å². The minimum atomic E-state index is -0.781. The number of carbonyl (C=O) groups is 2. The van der Waals surface area contributed by atoms with Crippen LogP contribution >= 0.6 is 22.9 Å². The maximum absolute atomic E-state index is 12.4. The van der Waals surface area contributed by atoms with Crippen LogP contribution in [0, 0.1) is 0 Å². The molecule has 0 saturated carbocycles. The Morgan fingerprint density at radius 1 is 1.47 bits per heavy atom. The quantitative estimate of drug-likeness (QED) is 0.838. The molecule has 2 fully saturated rings. The molecule has 0 bridgehead atoms. The molecular weight excluding hydrogens is 290 g/mol. The molecule has 0 aromatic carbocycles. The maximum atomic E-state index is 12.4. The van der Waals surface area contributed by atoms with Crippen molar-refractivity contribution >= 4 is 34.9 Å². The van der Waals surface area contributed by atoms with Gasteiger partial charge >= 0.3 is 6.03 Å². The lowest BCUT2D eigenvalue weighted by molar-refractivity contribution is -0.134. The highest BCUT2D eigenvalue weighted by molar-refractivity contribution is 7.15. The van der Waals surface area contributed by atoms with Gasteiger partial charge in [-0.2, -0.15) is 0 Å². The van der Waals surface area contributed by atoms with E-state index in [2.05, 4.69) is 10.3 Å². The van der Waals surface area contributed by atoms with Gasteiger partial charge in [0.15, 0.2) is 0 Å². The zero-order valence-corrected chi connectivity index (χ0v) is 11.6. The molecule has 0 atom stereocenters. The van der Waals surface area contributed by atoms with Crippen molar-refractivity contribution in [2.45, 2.75) is 24.9 Å². The fourth-order valence-corrected chi connectivity index (χ4v) is 3.32. The molecule has 0 radical (unpaired) electrons. The smallest absolute Gasteiger partial charge is 0.325 e. The van der Waals surface area contributed by atoms with Crippen molar-refractivity contribution in [3.63, 3.8) is 0 Å². The van der Waals surface area contributed by atoms with Gasteiger partial charge in [-0.15, -0.1) is 11.3 Å². The Balaban J connectivity index is 1.79. The predicted octanol–water partition coefficient (Wildman–Crippen LogP) is 1.40. The molecule has 0 unspecified atom stereocenters. The second kappa shape index (κ2) is 4.73. The van der Waals surface area contributed by atoms with Crippen LogP contribution in [0.25, 0.3) is 0 Å². The fraction of sp³-hybridized carbons (Fsp3) is 0.545. The topological polar surface area (TPSA) is 71.5 Å². The van der Waals surface area contributed by atoms with E-state index in [9.17, 15) is 9.59 Å². The number of nitrogens with zero attached hydrogens (tertiary/aromatic N) is 2. The Hall–Kier alpha value is -1.18. The van der Waals surface area contributed by atoms with E-state index in [-0.39, 0.29) is 18.5 Å². The molecule has 102 valence electrons. The number of amides is 3. The third-order valence-electron chi connectivity index (χ3n) is 3.41. The molecule has 3 rings (SSSR count). The predicted molar refractivity (Wildman–Crippen MR) is 69.0 cm³/mol. The Morgan fingerprint density at radius 2 is 2.21 bits per heavy atom. The first-order chi connectivity index (χ1) is 9.11. The zero-order valence-electron chi connectivity index (χ0n) is 10.0. The molecule has 1 N–H and O–H groups in total. The van der Waals surface area contributed by atoms with Crippen molar-refractivity contribution in [3.8, 4) is 0 Å². The molecule has 1 aromatic rings. The molecular formula is C11H12ClN3O3S. The van der Waals surface area contributed by atoms with E-state index in [1.165, 1.54) is 22.4 Å². The molecule has 1 aromatic heterocycles. The lowest BCUT2D eigenvalue weighted by atomic mass is 9.90. The Morgan fingerprint density at radius 3 is 2.84 bits per heavy atom. The van der Waals surface area contributed by atoms with E-state index in [4.69, 9.17) is 16.3 Å². The van der Waals surface area contributed by atoms with Crippen LogP contribution in [0.15, 0.2) is 6.20 Å². The van der Waals surface area contributed by atoms with E-state index in [1.807, 2.05) is 0 Å². The van der Waals surface area contributed by atoms with Crippen LogP contribution in [-0.4, -0.2) is 40.6 Å². The van der Waals surface area contributed by atoms with Gasteiger partial charge in [-0.05, 0) is 0 Å². The van der Waals surface area contributed by atoms with E-state index >= 15 is 0 Å². The summed E-state index contributed by atoms with van der Waals surface area (Å²) < 4.78 is 5.79. The Bertz CT molecular complexity index is 527. The summed E-state index contributed by atoms with van der Waals surface area (Å²) >= 11 is 7.07. The number of urea groups is 1. The highest BCUT2D eigenvalue weighted by Gasteiger charge is 2.51. The molecule has 0 aliphatic carbocycles. The second-order valence-corrected chi connectivity index (χ2v) is 6.32. The van der Waals surface area contributed by atoms with Gasteiger partial charge < -0.3 is 10.1 Å². The van der Waals surface area contributed by atoms with Crippen LogP contribution < -0.4 is 5.32 Å². The van der Waals surface area contributed by atoms with Crippen molar-refractivity contribution in [3.05, 3.63) is 15.5 Å². The van der Waals surface area contributed by atoms with E-state index < -0.39 is 5.54 Å². The summed E-state index contributed by atoms with van der Waals surface area (Å²) in [7, 11) is 0. The van der Waals surface area contributed by atoms with Gasteiger partial charge in [0.25, 0.3) is 5.91 Å². The summed E-state index contributed by atoms with van der Waals surface area (Å²) in [6.45, 7) is 1.15. The van der Waals surface area contributed by atoms with Crippen molar-refractivity contribution in [2.24, 2.45) is 0 Å². The summed E-state index contributed by atoms with van der Waals surface area (Å²) in [6, 6.07) is -0.363. The number of thiazole rings is 1. The number of imide groups is 1. The average Bonchev–Trinajstić information content (AvgIpc) is 2.89. The number of carbonyl (C=O) groups excluding carboxylic acids is 2. The molecule has 2 saturated heterocycles. The first-order valence-electron chi connectivity index (χ1n) is 5.93. The molecule has 3 amide bonds. The molecule has 2 aliphatic heterocycles. The van der Waals surface area contributed by atoms with Crippen LogP contribution in [0.1, 0.15) is 17.8 Å². The number of ether oxygens (including phenoxy) is 1. The van der Waals surface area contributed by atoms with Gasteiger partial charge in [-0.1, -0.05) is 11.6 Å². The van der Waals surface area contributed by atoms with Gasteiger partial charge in [0.2, 0.25) is 0 Å². The third-order valence-corrected chi connectivity index (χ3v) is 4.51. The van der Waals surface area contributed by atoms with Crippen LogP contribution in [0.3, 0.4) is 0 Å². The largest absolute Gasteiger partial charge is 0.381 e. The summed E-state index contributed by atoms with van der Waals surface area (Å²) in [6.07, 6.45) is 2.56. The SMILES string of the molecule is O=C1NC2(CCOCC2)C(=O)N1Cc1ncc(Cl)s1. The van der Waals surface area contributed by atoms with Crippen molar-refractivity contribution < 1.29 is 14.3 Å². The van der Waals surface area contributed by atoms with Crippen molar-refractivity contribution in [1.82, 2.24) is 15.2 Å². The van der Waals surface area contributed by atoms with E-state index in [1.54, 1.807) is 0 Å². The monoisotopic (exact) mass is 301 g/mol. The highest BCUT2D eigenvalue weighted by Crippen LogP contribution is 2.30. The number of hydrogen-bond acceptors (Lipinski definition) is 5. The van der Waals surface area contributed by atoms with Crippen LogP contribution in [0.2, 0.25) is 4.34 Å². The minimum absolute atomic E-state index is 0.171. The second-order valence-electron chi connectivity index (χ2n) is 4.57. The zero-order chi connectivity index (χ0) is 13.5. The summed E-state index contributed by atoms with van der Waals surface area (Å²) in [5.41, 5.74) is -0.781. The number of rotatable bonds is 2. The summed E-state index contributed by atoms with van der Waals surface area (Å²) in [5.74, 6) is -0.188. The Labute approximate surface area is 118 Å². The lowest BCUT2D eigenvalue weighted by Gasteiger charge is -2.30. The normalized spacial score (nSPS) is 22.1. The van der Waals surface area contributed by atoms with Gasteiger partial charge in [-0.25, -0.2) is 9.78 Å². The van der Waals surface area contributed by atoms with E-state index in [0.29, 0.717) is 35.4 Å². The molecule has 6 nitrogen and oxygen atoms in total. The van der Waals surface area contributed by atoms with Crippen molar-refractivity contribution in [2.75, 3.05) is 13.2 Å². The fourth-order valence-electron chi connectivity index (χ4n) is 2.37. The number of hydrogen-bond donors (Lipinski definition) is 1. The van der Waals surface area contributed by atoms with Crippen LogP contribution in [0.5, 0.6) is 0 Å². The number of nitrogens with one attached hydrogen (secondary N) is 1. The molecule has 3 heterocycles. The van der Waals surface area contributed by atoms with Crippen LogP contribution in [0.4, 0.5) is 4.79 Å². The first-order valence-corrected chi connectivity index (χ1v) is 7.12. The highest BCUT2D eigenvalue weighted by atomic mass is 35.5. The van der Waals surface area contributed by atoms with Crippen LogP contribution in [-0.2, 0) is 16.1 Å². The number of aromatic nitrogens is 1. The average molecular weight is 302 g/mol. The minimum Gasteiger partial charge on any atom is -0.381 e. The number of halogens is 1. The van der Waals surface area contributed by atoms with Gasteiger partial charge in [0.05, 0.1) is 12.7 Å². The molecule has 2 aliphatic rings.